The zero-order valence-electron chi connectivity index (χ0n) is 14.4. The molecule has 3 rings (SSSR count). The molecule has 1 aliphatic rings. The van der Waals surface area contributed by atoms with E-state index in [-0.39, 0.29) is 34.9 Å². The number of pyridine rings is 1. The first-order valence-corrected chi connectivity index (χ1v) is 7.64. The van der Waals surface area contributed by atoms with Crippen molar-refractivity contribution >= 4 is 35.6 Å². The third-order valence-electron chi connectivity index (χ3n) is 5.14. The van der Waals surface area contributed by atoms with Crippen LogP contribution in [0.2, 0.25) is 0 Å². The molecule has 0 aliphatic carbocycles. The van der Waals surface area contributed by atoms with Gasteiger partial charge in [-0.2, -0.15) is 0 Å². The van der Waals surface area contributed by atoms with Gasteiger partial charge >= 0.3 is 0 Å². The van der Waals surface area contributed by atoms with Gasteiger partial charge in [-0.25, -0.2) is 0 Å². The molecule has 3 heterocycles. The fourth-order valence-electron chi connectivity index (χ4n) is 2.86. The summed E-state index contributed by atoms with van der Waals surface area (Å²) in [5.74, 6) is 1.80. The van der Waals surface area contributed by atoms with Gasteiger partial charge in [-0.05, 0) is 26.0 Å². The van der Waals surface area contributed by atoms with Crippen molar-refractivity contribution in [3.63, 3.8) is 0 Å². The minimum Gasteiger partial charge on any atom is -0.349 e. The standard InChI is InChI=1S/C16H24N6.HI/c1-15(2)11-22(16(15,3)4)14(17-5)18-10-13-20-19-12-8-6-7-9-21(12)13;/h6-9H,10-11H2,1-5H3,(H,17,18);1H. The lowest BCUT2D eigenvalue weighted by Gasteiger charge is -2.62. The number of guanidine groups is 1. The minimum absolute atomic E-state index is 0. The van der Waals surface area contributed by atoms with Crippen LogP contribution in [-0.4, -0.2) is 44.6 Å². The summed E-state index contributed by atoms with van der Waals surface area (Å²) < 4.78 is 1.99. The van der Waals surface area contributed by atoms with Crippen LogP contribution in [-0.2, 0) is 6.54 Å². The number of hydrogen-bond donors (Lipinski definition) is 1. The Kier molecular flexibility index (Phi) is 4.89. The van der Waals surface area contributed by atoms with E-state index in [0.717, 1.165) is 24.0 Å². The van der Waals surface area contributed by atoms with Gasteiger partial charge in [0.1, 0.15) is 0 Å². The SMILES string of the molecule is CN=C(NCc1nnc2ccccn12)N1CC(C)(C)C1(C)C.I. The largest absolute Gasteiger partial charge is 0.349 e. The fraction of sp³-hybridized carbons (Fsp3) is 0.562. The van der Waals surface area contributed by atoms with Crippen LogP contribution in [0.4, 0.5) is 0 Å². The molecule has 7 heteroatoms. The number of aromatic nitrogens is 3. The van der Waals surface area contributed by atoms with Crippen molar-refractivity contribution in [2.45, 2.75) is 39.8 Å². The zero-order valence-corrected chi connectivity index (χ0v) is 16.7. The van der Waals surface area contributed by atoms with Crippen LogP contribution < -0.4 is 5.32 Å². The highest BCUT2D eigenvalue weighted by atomic mass is 127. The van der Waals surface area contributed by atoms with E-state index in [2.05, 4.69) is 53.1 Å². The van der Waals surface area contributed by atoms with Crippen molar-refractivity contribution in [3.05, 3.63) is 30.2 Å². The first-order chi connectivity index (χ1) is 10.4. The maximum atomic E-state index is 4.42. The van der Waals surface area contributed by atoms with E-state index in [0.29, 0.717) is 6.54 Å². The normalized spacial score (nSPS) is 19.2. The van der Waals surface area contributed by atoms with Crippen molar-refractivity contribution in [3.8, 4) is 0 Å². The predicted octanol–water partition coefficient (Wildman–Crippen LogP) is 2.54. The third kappa shape index (κ3) is 2.90. The smallest absolute Gasteiger partial charge is 0.194 e. The van der Waals surface area contributed by atoms with Crippen LogP contribution in [0.15, 0.2) is 29.4 Å². The Balaban J connectivity index is 0.00000192. The molecule has 0 unspecified atom stereocenters. The number of rotatable bonds is 2. The summed E-state index contributed by atoms with van der Waals surface area (Å²) in [6, 6.07) is 5.90. The minimum atomic E-state index is 0. The zero-order chi connectivity index (χ0) is 16.0. The molecule has 1 saturated heterocycles. The molecule has 0 aromatic carbocycles. The summed E-state index contributed by atoms with van der Waals surface area (Å²) in [4.78, 5) is 6.74. The Labute approximate surface area is 154 Å². The maximum absolute atomic E-state index is 4.42. The molecule has 1 aliphatic heterocycles. The maximum Gasteiger partial charge on any atom is 0.194 e. The molecule has 1 N–H and O–H groups in total. The lowest BCUT2D eigenvalue weighted by Crippen LogP contribution is -2.72. The van der Waals surface area contributed by atoms with Gasteiger partial charge in [0.15, 0.2) is 17.4 Å². The molecule has 0 amide bonds. The lowest BCUT2D eigenvalue weighted by atomic mass is 9.65. The van der Waals surface area contributed by atoms with Crippen molar-refractivity contribution in [1.82, 2.24) is 24.8 Å². The van der Waals surface area contributed by atoms with Gasteiger partial charge in [0.2, 0.25) is 0 Å². The van der Waals surface area contributed by atoms with E-state index >= 15 is 0 Å². The fourth-order valence-corrected chi connectivity index (χ4v) is 2.86. The van der Waals surface area contributed by atoms with Gasteiger partial charge in [0.25, 0.3) is 0 Å². The number of fused-ring (bicyclic) bond motifs is 1. The average molecular weight is 428 g/mol. The summed E-state index contributed by atoms with van der Waals surface area (Å²) >= 11 is 0. The summed E-state index contributed by atoms with van der Waals surface area (Å²) in [5, 5.41) is 11.8. The number of likely N-dealkylation sites (tertiary alicyclic amines) is 1. The Morgan fingerprint density at radius 3 is 2.61 bits per heavy atom. The summed E-state index contributed by atoms with van der Waals surface area (Å²) in [6.07, 6.45) is 1.98. The number of nitrogens with zero attached hydrogens (tertiary/aromatic N) is 5. The Morgan fingerprint density at radius 2 is 2.00 bits per heavy atom. The van der Waals surface area contributed by atoms with Gasteiger partial charge in [-0.1, -0.05) is 19.9 Å². The first kappa shape index (κ1) is 18.0. The lowest BCUT2D eigenvalue weighted by molar-refractivity contribution is -0.0668. The summed E-state index contributed by atoms with van der Waals surface area (Å²) in [7, 11) is 1.83. The van der Waals surface area contributed by atoms with Crippen LogP contribution in [0.1, 0.15) is 33.5 Å². The molecule has 6 nitrogen and oxygen atoms in total. The van der Waals surface area contributed by atoms with Crippen LogP contribution >= 0.6 is 24.0 Å². The number of hydrogen-bond acceptors (Lipinski definition) is 3. The predicted molar refractivity (Wildman–Crippen MR) is 103 cm³/mol. The molecule has 2 aromatic rings. The Morgan fingerprint density at radius 1 is 1.26 bits per heavy atom. The average Bonchev–Trinajstić information content (AvgIpc) is 2.90. The van der Waals surface area contributed by atoms with E-state index in [4.69, 9.17) is 0 Å². The molecule has 1 fully saturated rings. The molecule has 0 spiro atoms. The monoisotopic (exact) mass is 428 g/mol. The van der Waals surface area contributed by atoms with Crippen molar-refractivity contribution in [1.29, 1.82) is 0 Å². The van der Waals surface area contributed by atoms with Crippen LogP contribution in [0.3, 0.4) is 0 Å². The second kappa shape index (κ2) is 6.26. The molecule has 23 heavy (non-hydrogen) atoms. The second-order valence-electron chi connectivity index (χ2n) is 6.97. The second-order valence-corrected chi connectivity index (χ2v) is 6.97. The van der Waals surface area contributed by atoms with Crippen LogP contribution in [0.25, 0.3) is 5.65 Å². The van der Waals surface area contributed by atoms with E-state index in [9.17, 15) is 0 Å². The van der Waals surface area contributed by atoms with E-state index < -0.39 is 0 Å². The van der Waals surface area contributed by atoms with Gasteiger partial charge < -0.3 is 10.2 Å². The number of nitrogens with one attached hydrogen (secondary N) is 1. The molecule has 0 radical (unpaired) electrons. The summed E-state index contributed by atoms with van der Waals surface area (Å²) in [5.41, 5.74) is 1.23. The highest BCUT2D eigenvalue weighted by molar-refractivity contribution is 14.0. The van der Waals surface area contributed by atoms with Crippen molar-refractivity contribution < 1.29 is 0 Å². The van der Waals surface area contributed by atoms with Gasteiger partial charge in [0, 0.05) is 30.7 Å². The molecular weight excluding hydrogens is 403 g/mol. The van der Waals surface area contributed by atoms with E-state index in [1.807, 2.05) is 35.8 Å². The number of aliphatic imine (C=N–C) groups is 1. The number of halogens is 1. The molecule has 0 atom stereocenters. The highest BCUT2D eigenvalue weighted by Crippen LogP contribution is 2.46. The molecule has 0 bridgehead atoms. The van der Waals surface area contributed by atoms with Gasteiger partial charge in [-0.3, -0.25) is 9.39 Å². The van der Waals surface area contributed by atoms with Crippen molar-refractivity contribution in [2.24, 2.45) is 10.4 Å². The first-order valence-electron chi connectivity index (χ1n) is 7.64. The molecule has 0 saturated carbocycles. The van der Waals surface area contributed by atoms with Gasteiger partial charge in [0.05, 0.1) is 6.54 Å². The van der Waals surface area contributed by atoms with E-state index in [1.54, 1.807) is 0 Å². The highest BCUT2D eigenvalue weighted by Gasteiger charge is 2.53. The topological polar surface area (TPSA) is 57.8 Å². The van der Waals surface area contributed by atoms with E-state index in [1.165, 1.54) is 0 Å². The third-order valence-corrected chi connectivity index (χ3v) is 5.14. The van der Waals surface area contributed by atoms with Crippen LogP contribution in [0.5, 0.6) is 0 Å². The molecular formula is C16H25IN6. The summed E-state index contributed by atoms with van der Waals surface area (Å²) in [6.45, 7) is 10.7. The quantitative estimate of drug-likeness (QED) is 0.454. The van der Waals surface area contributed by atoms with Crippen molar-refractivity contribution in [2.75, 3.05) is 13.6 Å². The van der Waals surface area contributed by atoms with Gasteiger partial charge in [-0.15, -0.1) is 34.2 Å². The molecule has 2 aromatic heterocycles. The molecule has 126 valence electrons. The Hall–Kier alpha value is -1.38. The van der Waals surface area contributed by atoms with Crippen LogP contribution in [0, 0.1) is 5.41 Å². The Bertz CT molecular complexity index is 718.